The summed E-state index contributed by atoms with van der Waals surface area (Å²) in [7, 11) is 1.96. The molecule has 94 valence electrons. The molecule has 0 saturated heterocycles. The van der Waals surface area contributed by atoms with Gasteiger partial charge in [-0.2, -0.15) is 5.10 Å². The Hall–Kier alpha value is -1.29. The maximum atomic E-state index is 4.37. The molecule has 1 N–H and O–H groups in total. The molecule has 1 aliphatic carbocycles. The van der Waals surface area contributed by atoms with E-state index in [0.717, 1.165) is 24.2 Å². The zero-order valence-electron chi connectivity index (χ0n) is 10.6. The van der Waals surface area contributed by atoms with Gasteiger partial charge in [0, 0.05) is 17.7 Å². The fraction of sp³-hybridized carbons (Fsp3) is 0.357. The summed E-state index contributed by atoms with van der Waals surface area (Å²) in [6, 6.07) is 6.98. The van der Waals surface area contributed by atoms with E-state index in [0.29, 0.717) is 6.04 Å². The Morgan fingerprint density at radius 1 is 1.44 bits per heavy atom. The maximum Gasteiger partial charge on any atom is 0.0825 e. The summed E-state index contributed by atoms with van der Waals surface area (Å²) in [6.45, 7) is 2.04. The number of nitrogens with zero attached hydrogens (tertiary/aromatic N) is 2. The Morgan fingerprint density at radius 3 is 3.00 bits per heavy atom. The molecule has 0 saturated carbocycles. The van der Waals surface area contributed by atoms with Crippen molar-refractivity contribution < 1.29 is 0 Å². The number of nitrogens with one attached hydrogen (secondary N) is 1. The largest absolute Gasteiger partial charge is 0.375 e. The van der Waals surface area contributed by atoms with Crippen LogP contribution >= 0.6 is 15.9 Å². The predicted molar refractivity (Wildman–Crippen MR) is 76.8 cm³/mol. The molecular formula is C14H16BrN3. The summed E-state index contributed by atoms with van der Waals surface area (Å²) in [6.07, 6.45) is 4.35. The minimum Gasteiger partial charge on any atom is -0.375 e. The van der Waals surface area contributed by atoms with Crippen LogP contribution in [0.25, 0.3) is 0 Å². The number of anilines is 1. The van der Waals surface area contributed by atoms with Gasteiger partial charge < -0.3 is 5.32 Å². The lowest BCUT2D eigenvalue weighted by Crippen LogP contribution is -2.07. The van der Waals surface area contributed by atoms with Crippen LogP contribution in [0.2, 0.25) is 0 Å². The molecule has 1 unspecified atom stereocenters. The van der Waals surface area contributed by atoms with Gasteiger partial charge in [-0.25, -0.2) is 0 Å². The molecule has 1 aliphatic rings. The van der Waals surface area contributed by atoms with Gasteiger partial charge in [0.2, 0.25) is 0 Å². The zero-order valence-corrected chi connectivity index (χ0v) is 12.2. The zero-order chi connectivity index (χ0) is 12.7. The van der Waals surface area contributed by atoms with Gasteiger partial charge in [-0.3, -0.25) is 4.68 Å². The van der Waals surface area contributed by atoms with Crippen LogP contribution in [0.1, 0.15) is 29.3 Å². The Morgan fingerprint density at radius 2 is 2.28 bits per heavy atom. The summed E-state index contributed by atoms with van der Waals surface area (Å²) in [5, 5.41) is 7.98. The first kappa shape index (κ1) is 11.8. The quantitative estimate of drug-likeness (QED) is 0.919. The number of fused-ring (bicyclic) bond motifs is 1. The molecule has 4 heteroatoms. The van der Waals surface area contributed by atoms with Crippen LogP contribution in [0.4, 0.5) is 5.69 Å². The lowest BCUT2D eigenvalue weighted by Gasteiger charge is -2.14. The minimum atomic E-state index is 0.413. The summed E-state index contributed by atoms with van der Waals surface area (Å²) in [4.78, 5) is 0. The summed E-state index contributed by atoms with van der Waals surface area (Å²) in [5.74, 6) is 0. The lowest BCUT2D eigenvalue weighted by molar-refractivity contribution is 0.755. The van der Waals surface area contributed by atoms with Crippen molar-refractivity contribution in [1.29, 1.82) is 0 Å². The van der Waals surface area contributed by atoms with E-state index in [2.05, 4.69) is 44.5 Å². The number of aromatic nitrogens is 2. The third kappa shape index (κ3) is 2.05. The average molecular weight is 306 g/mol. The molecule has 1 heterocycles. The SMILES string of the molecule is Cc1nn(C)cc1NC1CCc2cc(Br)ccc21. The van der Waals surface area contributed by atoms with E-state index in [4.69, 9.17) is 0 Å². The highest BCUT2D eigenvalue weighted by Gasteiger charge is 2.23. The number of halogens is 1. The van der Waals surface area contributed by atoms with Crippen LogP contribution in [0.15, 0.2) is 28.9 Å². The molecule has 3 rings (SSSR count). The molecule has 18 heavy (non-hydrogen) atoms. The summed E-state index contributed by atoms with van der Waals surface area (Å²) in [5.41, 5.74) is 5.06. The normalized spacial score (nSPS) is 17.8. The molecule has 3 nitrogen and oxygen atoms in total. The van der Waals surface area contributed by atoms with Crippen LogP contribution < -0.4 is 5.32 Å². The second-order valence-corrected chi connectivity index (χ2v) is 5.80. The van der Waals surface area contributed by atoms with Crippen molar-refractivity contribution in [3.63, 3.8) is 0 Å². The fourth-order valence-corrected chi connectivity index (χ4v) is 3.07. The van der Waals surface area contributed by atoms with Crippen molar-refractivity contribution >= 4 is 21.6 Å². The van der Waals surface area contributed by atoms with E-state index in [1.165, 1.54) is 15.6 Å². The van der Waals surface area contributed by atoms with E-state index < -0.39 is 0 Å². The van der Waals surface area contributed by atoms with Gasteiger partial charge in [0.05, 0.1) is 17.4 Å². The molecule has 0 spiro atoms. The van der Waals surface area contributed by atoms with E-state index in [1.54, 1.807) is 0 Å². The number of hydrogen-bond acceptors (Lipinski definition) is 2. The maximum absolute atomic E-state index is 4.37. The molecule has 1 atom stereocenters. The van der Waals surface area contributed by atoms with Gasteiger partial charge in [0.1, 0.15) is 0 Å². The highest BCUT2D eigenvalue weighted by Crippen LogP contribution is 2.35. The van der Waals surface area contributed by atoms with Gasteiger partial charge in [0.25, 0.3) is 0 Å². The van der Waals surface area contributed by atoms with Crippen LogP contribution in [0.3, 0.4) is 0 Å². The van der Waals surface area contributed by atoms with E-state index in [9.17, 15) is 0 Å². The molecule has 0 aliphatic heterocycles. The van der Waals surface area contributed by atoms with Crippen molar-refractivity contribution in [2.24, 2.45) is 7.05 Å². The van der Waals surface area contributed by atoms with Crippen molar-refractivity contribution in [2.45, 2.75) is 25.8 Å². The Bertz CT molecular complexity index is 589. The number of hydrogen-bond donors (Lipinski definition) is 1. The first-order valence-corrected chi connectivity index (χ1v) is 6.98. The van der Waals surface area contributed by atoms with Crippen LogP contribution in [-0.4, -0.2) is 9.78 Å². The molecule has 0 radical (unpaired) electrons. The minimum absolute atomic E-state index is 0.413. The van der Waals surface area contributed by atoms with Crippen molar-refractivity contribution in [2.75, 3.05) is 5.32 Å². The molecule has 1 aromatic carbocycles. The fourth-order valence-electron chi connectivity index (χ4n) is 2.67. The van der Waals surface area contributed by atoms with Crippen LogP contribution in [0, 0.1) is 6.92 Å². The van der Waals surface area contributed by atoms with Crippen LogP contribution in [-0.2, 0) is 13.5 Å². The molecule has 2 aromatic rings. The van der Waals surface area contributed by atoms with E-state index in [1.807, 2.05) is 24.9 Å². The average Bonchev–Trinajstić information content (AvgIpc) is 2.84. The summed E-state index contributed by atoms with van der Waals surface area (Å²) >= 11 is 3.53. The number of rotatable bonds is 2. The van der Waals surface area contributed by atoms with Crippen molar-refractivity contribution in [3.8, 4) is 0 Å². The smallest absolute Gasteiger partial charge is 0.0825 e. The monoisotopic (exact) mass is 305 g/mol. The molecule has 0 fully saturated rings. The third-order valence-electron chi connectivity index (χ3n) is 3.53. The lowest BCUT2D eigenvalue weighted by atomic mass is 10.1. The van der Waals surface area contributed by atoms with Gasteiger partial charge in [-0.1, -0.05) is 22.0 Å². The van der Waals surface area contributed by atoms with Crippen molar-refractivity contribution in [3.05, 3.63) is 45.7 Å². The van der Waals surface area contributed by atoms with Gasteiger partial charge in [0.15, 0.2) is 0 Å². The first-order chi connectivity index (χ1) is 8.63. The van der Waals surface area contributed by atoms with Crippen LogP contribution in [0.5, 0.6) is 0 Å². The first-order valence-electron chi connectivity index (χ1n) is 6.18. The number of benzene rings is 1. The second-order valence-electron chi connectivity index (χ2n) is 4.88. The highest BCUT2D eigenvalue weighted by atomic mass is 79.9. The predicted octanol–water partition coefficient (Wildman–Crippen LogP) is 3.59. The summed E-state index contributed by atoms with van der Waals surface area (Å²) < 4.78 is 3.02. The van der Waals surface area contributed by atoms with E-state index in [-0.39, 0.29) is 0 Å². The number of aryl methyl sites for hydroxylation is 3. The second kappa shape index (κ2) is 4.43. The van der Waals surface area contributed by atoms with Gasteiger partial charge >= 0.3 is 0 Å². The Balaban J connectivity index is 1.87. The molecule has 0 bridgehead atoms. The Labute approximate surface area is 115 Å². The van der Waals surface area contributed by atoms with E-state index >= 15 is 0 Å². The van der Waals surface area contributed by atoms with Crippen molar-refractivity contribution in [1.82, 2.24) is 9.78 Å². The topological polar surface area (TPSA) is 29.9 Å². The third-order valence-corrected chi connectivity index (χ3v) is 4.02. The highest BCUT2D eigenvalue weighted by molar-refractivity contribution is 9.10. The Kier molecular flexibility index (Phi) is 2.90. The molecule has 0 amide bonds. The molecular weight excluding hydrogens is 290 g/mol. The molecule has 1 aromatic heterocycles. The van der Waals surface area contributed by atoms with Gasteiger partial charge in [-0.05, 0) is 43.0 Å². The standard InChI is InChI=1S/C14H16BrN3/c1-9-14(8-18(2)17-9)16-13-6-3-10-7-11(15)4-5-12(10)13/h4-5,7-8,13,16H,3,6H2,1-2H3. The van der Waals surface area contributed by atoms with Gasteiger partial charge in [-0.15, -0.1) is 0 Å².